The second kappa shape index (κ2) is 8.14. The lowest BCUT2D eigenvalue weighted by Crippen LogP contribution is -2.14. The van der Waals surface area contributed by atoms with Crippen LogP contribution in [0.3, 0.4) is 0 Å². The first-order valence-electron chi connectivity index (χ1n) is 9.56. The number of alkyl halides is 3. The molecule has 1 heterocycles. The second-order valence-corrected chi connectivity index (χ2v) is 6.74. The van der Waals surface area contributed by atoms with E-state index in [1.54, 1.807) is 48.5 Å². The van der Waals surface area contributed by atoms with Crippen LogP contribution in [0.15, 0.2) is 66.7 Å². The van der Waals surface area contributed by atoms with Crippen LogP contribution in [-0.2, 0) is 6.18 Å². The number of hydrogen-bond donors (Lipinski definition) is 2. The van der Waals surface area contributed by atoms with Crippen molar-refractivity contribution in [3.63, 3.8) is 0 Å². The minimum Gasteiger partial charge on any atom is -0.493 e. The molecule has 0 saturated carbocycles. The molecule has 4 aromatic rings. The normalized spacial score (nSPS) is 11.5. The third kappa shape index (κ3) is 4.23. The predicted octanol–water partition coefficient (Wildman–Crippen LogP) is 5.90. The average molecular weight is 425 g/mol. The van der Waals surface area contributed by atoms with Crippen molar-refractivity contribution in [2.24, 2.45) is 0 Å². The van der Waals surface area contributed by atoms with Gasteiger partial charge in [-0.2, -0.15) is 13.2 Å². The van der Waals surface area contributed by atoms with E-state index in [4.69, 9.17) is 4.74 Å². The Morgan fingerprint density at radius 2 is 1.81 bits per heavy atom. The molecule has 0 aliphatic carbocycles. The van der Waals surface area contributed by atoms with Gasteiger partial charge >= 0.3 is 6.18 Å². The van der Waals surface area contributed by atoms with Gasteiger partial charge in [0.2, 0.25) is 0 Å². The summed E-state index contributed by atoms with van der Waals surface area (Å²) >= 11 is 0. The lowest BCUT2D eigenvalue weighted by atomic mass is 10.1. The van der Waals surface area contributed by atoms with Crippen molar-refractivity contribution >= 4 is 22.6 Å². The molecule has 0 atom stereocenters. The molecule has 5 nitrogen and oxygen atoms in total. The fourth-order valence-electron chi connectivity index (χ4n) is 3.24. The lowest BCUT2D eigenvalue weighted by molar-refractivity contribution is -0.137. The number of carbonyl (C=O) groups excluding carboxylic acids is 1. The molecule has 4 rings (SSSR count). The largest absolute Gasteiger partial charge is 0.493 e. The number of carbonyl (C=O) groups is 1. The Kier molecular flexibility index (Phi) is 5.37. The van der Waals surface area contributed by atoms with Crippen molar-refractivity contribution in [2.75, 3.05) is 11.9 Å². The van der Waals surface area contributed by atoms with Gasteiger partial charge in [-0.05, 0) is 49.4 Å². The third-order valence-corrected chi connectivity index (χ3v) is 4.67. The van der Waals surface area contributed by atoms with Gasteiger partial charge in [0.25, 0.3) is 5.91 Å². The maximum absolute atomic E-state index is 13.0. The first-order valence-corrected chi connectivity index (χ1v) is 9.56. The Balaban J connectivity index is 1.69. The molecule has 0 radical (unpaired) electrons. The number of nitrogens with one attached hydrogen (secondary N) is 2. The van der Waals surface area contributed by atoms with E-state index in [2.05, 4.69) is 15.3 Å². The van der Waals surface area contributed by atoms with Crippen LogP contribution in [0.25, 0.3) is 22.4 Å². The smallest absolute Gasteiger partial charge is 0.416 e. The van der Waals surface area contributed by atoms with Crippen molar-refractivity contribution in [3.8, 4) is 17.1 Å². The number of imidazole rings is 1. The summed E-state index contributed by atoms with van der Waals surface area (Å²) in [5.74, 6) is 0.443. The minimum atomic E-state index is -4.45. The molecule has 3 aromatic carbocycles. The molecule has 158 valence electrons. The summed E-state index contributed by atoms with van der Waals surface area (Å²) in [5, 5.41) is 2.85. The van der Waals surface area contributed by atoms with Gasteiger partial charge in [0, 0.05) is 5.56 Å². The van der Waals surface area contributed by atoms with Crippen LogP contribution in [0.2, 0.25) is 0 Å². The number of anilines is 1. The van der Waals surface area contributed by atoms with Crippen LogP contribution in [0.5, 0.6) is 5.75 Å². The Hall–Kier alpha value is -3.81. The van der Waals surface area contributed by atoms with E-state index in [9.17, 15) is 18.0 Å². The zero-order valence-electron chi connectivity index (χ0n) is 16.5. The number of aromatic nitrogens is 2. The molecule has 0 spiro atoms. The van der Waals surface area contributed by atoms with Crippen LogP contribution in [0.1, 0.15) is 22.8 Å². The Morgan fingerprint density at radius 1 is 1.06 bits per heavy atom. The van der Waals surface area contributed by atoms with Crippen LogP contribution in [0.4, 0.5) is 18.9 Å². The summed E-state index contributed by atoms with van der Waals surface area (Å²) in [6.45, 7) is 2.25. The molecule has 0 aliphatic rings. The van der Waals surface area contributed by atoms with E-state index in [0.717, 1.165) is 12.1 Å². The summed E-state index contributed by atoms with van der Waals surface area (Å²) in [4.78, 5) is 20.2. The number of halogens is 3. The number of rotatable bonds is 5. The van der Waals surface area contributed by atoms with Gasteiger partial charge in [0.05, 0.1) is 34.5 Å². The lowest BCUT2D eigenvalue weighted by Gasteiger charge is -2.12. The van der Waals surface area contributed by atoms with Crippen molar-refractivity contribution in [3.05, 3.63) is 77.9 Å². The molecule has 8 heteroatoms. The molecular formula is C23H18F3N3O2. The van der Waals surface area contributed by atoms with Gasteiger partial charge < -0.3 is 15.0 Å². The number of hydrogen-bond acceptors (Lipinski definition) is 3. The first kappa shape index (κ1) is 20.5. The number of para-hydroxylation sites is 2. The van der Waals surface area contributed by atoms with Crippen molar-refractivity contribution < 1.29 is 22.7 Å². The molecule has 31 heavy (non-hydrogen) atoms. The zero-order chi connectivity index (χ0) is 22.0. The molecule has 0 unspecified atom stereocenters. The van der Waals surface area contributed by atoms with E-state index in [0.29, 0.717) is 40.5 Å². The number of ether oxygens (including phenoxy) is 1. The quantitative estimate of drug-likeness (QED) is 0.418. The number of H-pyrrole nitrogens is 1. The molecule has 1 amide bonds. The summed E-state index contributed by atoms with van der Waals surface area (Å²) in [5.41, 5.74) is 1.28. The van der Waals surface area contributed by atoms with Crippen LogP contribution in [-0.4, -0.2) is 22.5 Å². The monoisotopic (exact) mass is 425 g/mol. The maximum Gasteiger partial charge on any atom is 0.416 e. The molecule has 0 fully saturated rings. The number of fused-ring (bicyclic) bond motifs is 1. The van der Waals surface area contributed by atoms with E-state index in [1.165, 1.54) is 6.07 Å². The third-order valence-electron chi connectivity index (χ3n) is 4.67. The van der Waals surface area contributed by atoms with Crippen molar-refractivity contribution in [1.29, 1.82) is 0 Å². The molecule has 0 bridgehead atoms. The second-order valence-electron chi connectivity index (χ2n) is 6.74. The topological polar surface area (TPSA) is 67.0 Å². The molecule has 2 N–H and O–H groups in total. The minimum absolute atomic E-state index is 0.257. The van der Waals surface area contributed by atoms with Crippen molar-refractivity contribution in [2.45, 2.75) is 13.1 Å². The van der Waals surface area contributed by atoms with Crippen molar-refractivity contribution in [1.82, 2.24) is 9.97 Å². The highest BCUT2D eigenvalue weighted by Gasteiger charge is 2.30. The highest BCUT2D eigenvalue weighted by atomic mass is 19.4. The fraction of sp³-hybridized carbons (Fsp3) is 0.130. The summed E-state index contributed by atoms with van der Waals surface area (Å²) < 4.78 is 44.5. The van der Waals surface area contributed by atoms with E-state index < -0.39 is 11.7 Å². The Morgan fingerprint density at radius 3 is 2.58 bits per heavy atom. The highest BCUT2D eigenvalue weighted by molar-refractivity contribution is 6.07. The zero-order valence-corrected chi connectivity index (χ0v) is 16.5. The standard InChI is InChI=1S/C23H18F3N3O2/c1-2-31-20-10-6-4-8-16(20)22(30)29-17-9-5-3-7-15(17)21-27-18-12-11-14(23(24,25)26)13-19(18)28-21/h3-13H,2H2,1H3,(H,27,28)(H,29,30). The van der Waals surface area contributed by atoms with Crippen LogP contribution in [0, 0.1) is 0 Å². The van der Waals surface area contributed by atoms with E-state index in [-0.39, 0.29) is 11.4 Å². The summed E-state index contributed by atoms with van der Waals surface area (Å²) in [6, 6.07) is 17.1. The first-order chi connectivity index (χ1) is 14.9. The highest BCUT2D eigenvalue weighted by Crippen LogP contribution is 2.33. The van der Waals surface area contributed by atoms with Crippen LogP contribution < -0.4 is 10.1 Å². The SMILES string of the molecule is CCOc1ccccc1C(=O)Nc1ccccc1-c1nc2ccc(C(F)(F)F)cc2[nH]1. The van der Waals surface area contributed by atoms with E-state index in [1.807, 2.05) is 6.92 Å². The maximum atomic E-state index is 13.0. The number of amides is 1. The van der Waals surface area contributed by atoms with Gasteiger partial charge in [-0.3, -0.25) is 4.79 Å². The summed E-state index contributed by atoms with van der Waals surface area (Å²) in [6.07, 6.45) is -4.45. The predicted molar refractivity (Wildman–Crippen MR) is 112 cm³/mol. The fourth-order valence-corrected chi connectivity index (χ4v) is 3.24. The van der Waals surface area contributed by atoms with Crippen LogP contribution >= 0.6 is 0 Å². The molecule has 1 aromatic heterocycles. The Labute approximate surface area is 175 Å². The summed E-state index contributed by atoms with van der Waals surface area (Å²) in [7, 11) is 0. The van der Waals surface area contributed by atoms with E-state index >= 15 is 0 Å². The van der Waals surface area contributed by atoms with Gasteiger partial charge in [0.1, 0.15) is 11.6 Å². The molecule has 0 aliphatic heterocycles. The van der Waals surface area contributed by atoms with Gasteiger partial charge in [0.15, 0.2) is 0 Å². The van der Waals surface area contributed by atoms with Gasteiger partial charge in [-0.1, -0.05) is 24.3 Å². The Bertz CT molecular complexity index is 1250. The number of nitrogens with zero attached hydrogens (tertiary/aromatic N) is 1. The van der Waals surface area contributed by atoms with Gasteiger partial charge in [-0.15, -0.1) is 0 Å². The molecular weight excluding hydrogens is 407 g/mol. The number of aromatic amines is 1. The van der Waals surface area contributed by atoms with Gasteiger partial charge in [-0.25, -0.2) is 4.98 Å². The number of benzene rings is 3. The average Bonchev–Trinajstić information content (AvgIpc) is 3.17. The molecule has 0 saturated heterocycles.